The van der Waals surface area contributed by atoms with Crippen molar-refractivity contribution in [3.63, 3.8) is 0 Å². The Hall–Kier alpha value is -4.71. The highest BCUT2D eigenvalue weighted by Gasteiger charge is 2.18. The van der Waals surface area contributed by atoms with Crippen LogP contribution in [0.1, 0.15) is 22.8 Å². The van der Waals surface area contributed by atoms with Gasteiger partial charge in [0.2, 0.25) is 0 Å². The van der Waals surface area contributed by atoms with E-state index >= 15 is 0 Å². The van der Waals surface area contributed by atoms with Gasteiger partial charge in [0.05, 0.1) is 36.2 Å². The average Bonchev–Trinajstić information content (AvgIpc) is 3.28. The third kappa shape index (κ3) is 4.36. The maximum absolute atomic E-state index is 13.3. The first-order valence-corrected chi connectivity index (χ1v) is 10.1. The van der Waals surface area contributed by atoms with Gasteiger partial charge in [0.1, 0.15) is 11.5 Å². The lowest BCUT2D eigenvalue weighted by Crippen LogP contribution is -2.30. The largest absolute Gasteiger partial charge is 0.453 e. The molecule has 4 aromatic rings. The molecule has 4 rings (SSSR count). The van der Waals surface area contributed by atoms with Crippen molar-refractivity contribution in [2.24, 2.45) is 0 Å². The summed E-state index contributed by atoms with van der Waals surface area (Å²) in [5, 5.41) is 11.7. The quantitative estimate of drug-likeness (QED) is 0.500. The van der Waals surface area contributed by atoms with Gasteiger partial charge in [-0.05, 0) is 49.4 Å². The van der Waals surface area contributed by atoms with E-state index in [4.69, 9.17) is 0 Å². The van der Waals surface area contributed by atoms with Crippen LogP contribution in [0.15, 0.2) is 67.1 Å². The van der Waals surface area contributed by atoms with Crippen LogP contribution in [0.4, 0.5) is 16.3 Å². The number of hydrogen-bond acceptors (Lipinski definition) is 6. The molecule has 0 aliphatic heterocycles. The third-order valence-corrected chi connectivity index (χ3v) is 5.08. The van der Waals surface area contributed by atoms with Crippen LogP contribution in [0.2, 0.25) is 0 Å². The van der Waals surface area contributed by atoms with Crippen molar-refractivity contribution in [3.8, 4) is 17.3 Å². The number of anilines is 2. The number of nitrogens with zero attached hydrogens (tertiary/aromatic N) is 5. The van der Waals surface area contributed by atoms with E-state index in [0.717, 1.165) is 11.3 Å². The highest BCUT2D eigenvalue weighted by Crippen LogP contribution is 2.24. The molecule has 0 atom stereocenters. The lowest BCUT2D eigenvalue weighted by Gasteiger charge is -2.21. The van der Waals surface area contributed by atoms with Gasteiger partial charge in [-0.3, -0.25) is 14.5 Å². The van der Waals surface area contributed by atoms with Crippen LogP contribution in [-0.4, -0.2) is 40.0 Å². The van der Waals surface area contributed by atoms with Crippen molar-refractivity contribution >= 4 is 29.2 Å². The van der Waals surface area contributed by atoms with E-state index in [9.17, 15) is 14.9 Å². The predicted molar refractivity (Wildman–Crippen MR) is 123 cm³/mol. The first-order valence-electron chi connectivity index (χ1n) is 10.1. The van der Waals surface area contributed by atoms with Crippen molar-refractivity contribution in [1.82, 2.24) is 14.4 Å². The van der Waals surface area contributed by atoms with Gasteiger partial charge in [0, 0.05) is 30.2 Å². The molecule has 3 aromatic heterocycles. The molecule has 0 unspecified atom stereocenters. The average molecular weight is 440 g/mol. The number of amides is 2. The molecule has 0 radical (unpaired) electrons. The zero-order valence-corrected chi connectivity index (χ0v) is 18.0. The molecule has 0 aliphatic rings. The number of pyridine rings is 2. The minimum atomic E-state index is -0.603. The van der Waals surface area contributed by atoms with Gasteiger partial charge in [0.25, 0.3) is 5.91 Å². The molecule has 1 N–H and O–H groups in total. The maximum atomic E-state index is 13.3. The predicted octanol–water partition coefficient (Wildman–Crippen LogP) is 4.11. The second-order valence-electron chi connectivity index (χ2n) is 7.05. The van der Waals surface area contributed by atoms with Gasteiger partial charge in [0.15, 0.2) is 0 Å². The smallest absolute Gasteiger partial charge is 0.412 e. The molecule has 3 heterocycles. The number of nitrogens with one attached hydrogen (secondary N) is 1. The minimum Gasteiger partial charge on any atom is -0.453 e. The Morgan fingerprint density at radius 3 is 2.70 bits per heavy atom. The fraction of sp³-hybridized carbons (Fsp3) is 0.125. The van der Waals surface area contributed by atoms with Crippen molar-refractivity contribution < 1.29 is 14.3 Å². The number of benzene rings is 1. The lowest BCUT2D eigenvalue weighted by molar-refractivity contribution is 0.0988. The Balaban J connectivity index is 1.67. The van der Waals surface area contributed by atoms with Crippen LogP contribution in [0.25, 0.3) is 16.9 Å². The number of carbonyl (C=O) groups excluding carboxylic acids is 2. The number of nitriles is 1. The summed E-state index contributed by atoms with van der Waals surface area (Å²) in [6.45, 7) is 2.33. The molecule has 0 saturated carbocycles. The second-order valence-corrected chi connectivity index (χ2v) is 7.05. The van der Waals surface area contributed by atoms with Crippen LogP contribution in [0, 0.1) is 11.3 Å². The number of aromatic nitrogens is 3. The SMILES string of the molecule is CCN(C(=O)c1ccc2ncc(-c3ccc(NC(=O)OC)nc3)n2c1)c1cccc(C#N)c1. The number of ether oxygens (including phenoxy) is 1. The molecule has 0 saturated heterocycles. The summed E-state index contributed by atoms with van der Waals surface area (Å²) >= 11 is 0. The van der Waals surface area contributed by atoms with E-state index in [1.54, 1.807) is 72.0 Å². The summed E-state index contributed by atoms with van der Waals surface area (Å²) in [6.07, 6.45) is 4.43. The van der Waals surface area contributed by atoms with Crippen LogP contribution >= 0.6 is 0 Å². The Morgan fingerprint density at radius 2 is 2.00 bits per heavy atom. The standard InChI is InChI=1S/C24H20N6O3/c1-3-29(19-6-4-5-16(11-19)12-25)23(31)18-8-10-22-27-14-20(30(22)15-18)17-7-9-21(26-13-17)28-24(32)33-2/h4-11,13-15H,3H2,1-2H3,(H,26,28,32). The van der Waals surface area contributed by atoms with Gasteiger partial charge in [-0.15, -0.1) is 0 Å². The van der Waals surface area contributed by atoms with Crippen molar-refractivity contribution in [2.75, 3.05) is 23.9 Å². The molecule has 9 heteroatoms. The van der Waals surface area contributed by atoms with E-state index in [1.807, 2.05) is 11.3 Å². The molecule has 1 aromatic carbocycles. The second kappa shape index (κ2) is 9.20. The number of carbonyl (C=O) groups is 2. The zero-order valence-electron chi connectivity index (χ0n) is 18.0. The fourth-order valence-electron chi connectivity index (χ4n) is 3.44. The number of methoxy groups -OCH3 is 1. The van der Waals surface area contributed by atoms with Gasteiger partial charge in [-0.2, -0.15) is 5.26 Å². The molecule has 0 fully saturated rings. The van der Waals surface area contributed by atoms with E-state index < -0.39 is 6.09 Å². The molecular weight excluding hydrogens is 420 g/mol. The molecule has 33 heavy (non-hydrogen) atoms. The Kier molecular flexibility index (Phi) is 6.00. The first-order chi connectivity index (χ1) is 16.0. The summed E-state index contributed by atoms with van der Waals surface area (Å²) in [5.74, 6) is 0.165. The fourth-order valence-corrected chi connectivity index (χ4v) is 3.44. The van der Waals surface area contributed by atoms with Gasteiger partial charge < -0.3 is 9.64 Å². The summed E-state index contributed by atoms with van der Waals surface area (Å²) in [7, 11) is 1.28. The summed E-state index contributed by atoms with van der Waals surface area (Å²) in [5.41, 5.74) is 3.80. The van der Waals surface area contributed by atoms with Crippen LogP contribution in [0.5, 0.6) is 0 Å². The number of rotatable bonds is 5. The number of hydrogen-bond donors (Lipinski definition) is 1. The molecule has 0 spiro atoms. The molecule has 164 valence electrons. The van der Waals surface area contributed by atoms with Crippen molar-refractivity contribution in [2.45, 2.75) is 6.92 Å². The third-order valence-electron chi connectivity index (χ3n) is 5.08. The molecule has 2 amide bonds. The highest BCUT2D eigenvalue weighted by atomic mass is 16.5. The topological polar surface area (TPSA) is 113 Å². The molecule has 0 aliphatic carbocycles. The first kappa shape index (κ1) is 21.5. The molecule has 9 nitrogen and oxygen atoms in total. The lowest BCUT2D eigenvalue weighted by atomic mass is 10.1. The highest BCUT2D eigenvalue weighted by molar-refractivity contribution is 6.06. The summed E-state index contributed by atoms with van der Waals surface area (Å²) in [6, 6.07) is 16.0. The van der Waals surface area contributed by atoms with Crippen molar-refractivity contribution in [1.29, 1.82) is 5.26 Å². The maximum Gasteiger partial charge on any atom is 0.412 e. The Morgan fingerprint density at radius 1 is 1.15 bits per heavy atom. The summed E-state index contributed by atoms with van der Waals surface area (Å²) in [4.78, 5) is 34.9. The van der Waals surface area contributed by atoms with Gasteiger partial charge in [-0.25, -0.2) is 14.8 Å². The minimum absolute atomic E-state index is 0.190. The van der Waals surface area contributed by atoms with E-state index in [1.165, 1.54) is 7.11 Å². The van der Waals surface area contributed by atoms with E-state index in [-0.39, 0.29) is 5.91 Å². The summed E-state index contributed by atoms with van der Waals surface area (Å²) < 4.78 is 6.38. The Labute approximate surface area is 189 Å². The molecule has 0 bridgehead atoms. The number of imidazole rings is 1. The normalized spacial score (nSPS) is 10.5. The van der Waals surface area contributed by atoms with Crippen LogP contribution in [0.3, 0.4) is 0 Å². The van der Waals surface area contributed by atoms with Gasteiger partial charge >= 0.3 is 6.09 Å². The van der Waals surface area contributed by atoms with E-state index in [2.05, 4.69) is 26.1 Å². The zero-order chi connectivity index (χ0) is 23.4. The Bertz CT molecular complexity index is 1370. The monoisotopic (exact) mass is 440 g/mol. The van der Waals surface area contributed by atoms with Gasteiger partial charge in [-0.1, -0.05) is 6.07 Å². The van der Waals surface area contributed by atoms with Crippen molar-refractivity contribution in [3.05, 3.63) is 78.2 Å². The molecular formula is C24H20N6O3. The number of fused-ring (bicyclic) bond motifs is 1. The van der Waals surface area contributed by atoms with Crippen LogP contribution < -0.4 is 10.2 Å². The van der Waals surface area contributed by atoms with Crippen LogP contribution in [-0.2, 0) is 4.74 Å². The van der Waals surface area contributed by atoms with E-state index in [0.29, 0.717) is 34.8 Å².